The minimum atomic E-state index is 0.000657. The van der Waals surface area contributed by atoms with Crippen LogP contribution in [0.5, 0.6) is 0 Å². The summed E-state index contributed by atoms with van der Waals surface area (Å²) in [5.41, 5.74) is 21.5. The van der Waals surface area contributed by atoms with Crippen LogP contribution in [-0.2, 0) is 5.41 Å². The van der Waals surface area contributed by atoms with Crippen molar-refractivity contribution in [3.8, 4) is 55.6 Å². The molecule has 1 aliphatic carbocycles. The lowest BCUT2D eigenvalue weighted by Gasteiger charge is -2.26. The summed E-state index contributed by atoms with van der Waals surface area (Å²) in [7, 11) is 0. The monoisotopic (exact) mass is 845 g/mol. The molecular formula is C63H43NO2. The molecule has 0 spiro atoms. The minimum absolute atomic E-state index is 0.000657. The highest BCUT2D eigenvalue weighted by atomic mass is 16.3. The van der Waals surface area contributed by atoms with Crippen LogP contribution in [0.4, 0.5) is 17.1 Å². The largest absolute Gasteiger partial charge is 0.456 e. The van der Waals surface area contributed by atoms with Crippen molar-refractivity contribution in [3.05, 3.63) is 236 Å². The number of para-hydroxylation sites is 3. The molecule has 2 aromatic heterocycles. The van der Waals surface area contributed by atoms with Gasteiger partial charge >= 0.3 is 0 Å². The van der Waals surface area contributed by atoms with E-state index in [0.717, 1.165) is 83.2 Å². The van der Waals surface area contributed by atoms with Crippen molar-refractivity contribution in [1.29, 1.82) is 0 Å². The number of furan rings is 2. The molecule has 312 valence electrons. The molecule has 0 N–H and O–H groups in total. The molecule has 0 unspecified atom stereocenters. The molecule has 0 aliphatic heterocycles. The number of anilines is 3. The van der Waals surface area contributed by atoms with E-state index >= 15 is 0 Å². The van der Waals surface area contributed by atoms with E-state index in [4.69, 9.17) is 8.83 Å². The van der Waals surface area contributed by atoms with Gasteiger partial charge in [0.15, 0.2) is 0 Å². The molecule has 10 aromatic carbocycles. The van der Waals surface area contributed by atoms with Crippen LogP contribution in [0, 0.1) is 0 Å². The van der Waals surface area contributed by atoms with Crippen LogP contribution in [0.2, 0.25) is 0 Å². The second-order valence-electron chi connectivity index (χ2n) is 18.1. The van der Waals surface area contributed by atoms with E-state index in [2.05, 4.69) is 219 Å². The van der Waals surface area contributed by atoms with Crippen LogP contribution >= 0.6 is 0 Å². The van der Waals surface area contributed by atoms with Crippen molar-refractivity contribution in [2.75, 3.05) is 4.90 Å². The number of rotatable bonds is 7. The Balaban J connectivity index is 0.836. The highest BCUT2D eigenvalue weighted by molar-refractivity contribution is 6.10. The lowest BCUT2D eigenvalue weighted by molar-refractivity contribution is 0.660. The van der Waals surface area contributed by atoms with Gasteiger partial charge < -0.3 is 13.7 Å². The number of benzene rings is 10. The lowest BCUT2D eigenvalue weighted by Crippen LogP contribution is -2.14. The maximum Gasteiger partial charge on any atom is 0.143 e. The number of fused-ring (bicyclic) bond motifs is 9. The van der Waals surface area contributed by atoms with Gasteiger partial charge in [-0.15, -0.1) is 0 Å². The van der Waals surface area contributed by atoms with Gasteiger partial charge in [0.1, 0.15) is 22.3 Å². The van der Waals surface area contributed by atoms with Gasteiger partial charge in [0, 0.05) is 49.6 Å². The first-order valence-corrected chi connectivity index (χ1v) is 22.7. The van der Waals surface area contributed by atoms with E-state index in [-0.39, 0.29) is 5.41 Å². The fraction of sp³-hybridized carbons (Fsp3) is 0.0476. The third kappa shape index (κ3) is 6.12. The molecular weight excluding hydrogens is 803 g/mol. The van der Waals surface area contributed by atoms with Crippen molar-refractivity contribution in [2.45, 2.75) is 19.3 Å². The summed E-state index contributed by atoms with van der Waals surface area (Å²) in [6.45, 7) is 4.66. The van der Waals surface area contributed by atoms with Gasteiger partial charge in [-0.2, -0.15) is 0 Å². The Morgan fingerprint density at radius 2 is 0.742 bits per heavy atom. The standard InChI is InChI=1S/C63H43NO2/c1-63(2)57-15-6-3-10-51(57)56-38-45(29-37-58(56)63)42-20-18-40(19-21-42)41-22-30-47(31-23-41)64(48-32-24-43(25-33-48)46-28-36-54-52-11-4-7-16-59(52)65-61(54)39-46)49-34-26-44(27-35-49)50-13-9-14-55-53-12-5-8-17-60(53)66-62(50)55/h3-39H,1-2H3. The lowest BCUT2D eigenvalue weighted by atomic mass is 9.82. The van der Waals surface area contributed by atoms with Crippen molar-refractivity contribution < 1.29 is 8.83 Å². The van der Waals surface area contributed by atoms with Crippen LogP contribution in [0.15, 0.2) is 233 Å². The van der Waals surface area contributed by atoms with Crippen LogP contribution < -0.4 is 4.90 Å². The van der Waals surface area contributed by atoms with Crippen molar-refractivity contribution in [2.24, 2.45) is 0 Å². The average molecular weight is 846 g/mol. The Kier molecular flexibility index (Phi) is 8.56. The second-order valence-corrected chi connectivity index (χ2v) is 18.1. The van der Waals surface area contributed by atoms with E-state index in [9.17, 15) is 0 Å². The molecule has 0 radical (unpaired) electrons. The Morgan fingerprint density at radius 3 is 1.41 bits per heavy atom. The first-order chi connectivity index (χ1) is 32.4. The first kappa shape index (κ1) is 38.1. The van der Waals surface area contributed by atoms with Crippen LogP contribution in [0.3, 0.4) is 0 Å². The van der Waals surface area contributed by atoms with Crippen molar-refractivity contribution >= 4 is 60.9 Å². The SMILES string of the molecule is CC1(C)c2ccccc2-c2cc(-c3ccc(-c4ccc(N(c5ccc(-c6ccc7c(c6)oc6ccccc67)cc5)c5ccc(-c6cccc7c6oc6ccccc67)cc5)cc4)cc3)ccc21. The quantitative estimate of drug-likeness (QED) is 0.160. The summed E-state index contributed by atoms with van der Waals surface area (Å²) in [6.07, 6.45) is 0. The Morgan fingerprint density at radius 1 is 0.303 bits per heavy atom. The third-order valence-electron chi connectivity index (χ3n) is 13.9. The van der Waals surface area contributed by atoms with Gasteiger partial charge in [0.2, 0.25) is 0 Å². The van der Waals surface area contributed by atoms with E-state index in [0.29, 0.717) is 0 Å². The molecule has 1 aliphatic rings. The van der Waals surface area contributed by atoms with Crippen molar-refractivity contribution in [3.63, 3.8) is 0 Å². The maximum atomic E-state index is 6.44. The summed E-state index contributed by atoms with van der Waals surface area (Å²) in [5.74, 6) is 0. The fourth-order valence-corrected chi connectivity index (χ4v) is 10.5. The van der Waals surface area contributed by atoms with E-state index in [1.54, 1.807) is 0 Å². The predicted molar refractivity (Wildman–Crippen MR) is 275 cm³/mol. The highest BCUT2D eigenvalue weighted by Crippen LogP contribution is 2.50. The smallest absolute Gasteiger partial charge is 0.143 e. The summed E-state index contributed by atoms with van der Waals surface area (Å²) in [5, 5.41) is 4.53. The van der Waals surface area contributed by atoms with Gasteiger partial charge in [-0.3, -0.25) is 0 Å². The molecule has 12 aromatic rings. The summed E-state index contributed by atoms with van der Waals surface area (Å²) < 4.78 is 12.7. The van der Waals surface area contributed by atoms with Gasteiger partial charge in [-0.1, -0.05) is 172 Å². The zero-order valence-electron chi connectivity index (χ0n) is 36.6. The Bertz CT molecular complexity index is 3810. The molecule has 0 saturated heterocycles. The molecule has 0 atom stereocenters. The van der Waals surface area contributed by atoms with Crippen molar-refractivity contribution in [1.82, 2.24) is 0 Å². The van der Waals surface area contributed by atoms with Crippen LogP contribution in [0.25, 0.3) is 99.5 Å². The molecule has 3 heteroatoms. The summed E-state index contributed by atoms with van der Waals surface area (Å²) in [6, 6.07) is 80.9. The molecule has 0 amide bonds. The second kappa shape index (κ2) is 14.8. The normalized spacial score (nSPS) is 12.8. The number of nitrogens with zero attached hydrogens (tertiary/aromatic N) is 1. The molecule has 13 rings (SSSR count). The first-order valence-electron chi connectivity index (χ1n) is 22.7. The van der Waals surface area contributed by atoms with Gasteiger partial charge in [0.25, 0.3) is 0 Å². The minimum Gasteiger partial charge on any atom is -0.456 e. The molecule has 0 fully saturated rings. The molecule has 0 saturated carbocycles. The average Bonchev–Trinajstić information content (AvgIpc) is 4.02. The number of hydrogen-bond acceptors (Lipinski definition) is 3. The molecule has 66 heavy (non-hydrogen) atoms. The van der Waals surface area contributed by atoms with Crippen LogP contribution in [0.1, 0.15) is 25.0 Å². The van der Waals surface area contributed by atoms with E-state index in [1.165, 1.54) is 44.5 Å². The zero-order valence-corrected chi connectivity index (χ0v) is 36.6. The van der Waals surface area contributed by atoms with E-state index < -0.39 is 0 Å². The highest BCUT2D eigenvalue weighted by Gasteiger charge is 2.35. The van der Waals surface area contributed by atoms with Gasteiger partial charge in [-0.25, -0.2) is 0 Å². The molecule has 2 heterocycles. The Labute approximate surface area is 383 Å². The summed E-state index contributed by atoms with van der Waals surface area (Å²) in [4.78, 5) is 2.33. The van der Waals surface area contributed by atoms with E-state index in [1.807, 2.05) is 24.3 Å². The summed E-state index contributed by atoms with van der Waals surface area (Å²) >= 11 is 0. The third-order valence-corrected chi connectivity index (χ3v) is 13.9. The fourth-order valence-electron chi connectivity index (χ4n) is 10.5. The predicted octanol–water partition coefficient (Wildman–Crippen LogP) is 17.9. The topological polar surface area (TPSA) is 29.5 Å². The number of hydrogen-bond donors (Lipinski definition) is 0. The molecule has 0 bridgehead atoms. The Hall–Kier alpha value is -8.40. The zero-order chi connectivity index (χ0) is 43.9. The van der Waals surface area contributed by atoms with Crippen LogP contribution in [-0.4, -0.2) is 0 Å². The van der Waals surface area contributed by atoms with Gasteiger partial charge in [-0.05, 0) is 128 Å². The van der Waals surface area contributed by atoms with Gasteiger partial charge in [0.05, 0.1) is 0 Å². The molecule has 3 nitrogen and oxygen atoms in total. The maximum absolute atomic E-state index is 6.44.